The minimum Gasteiger partial charge on any atom is -0.497 e. The van der Waals surface area contributed by atoms with Gasteiger partial charge in [0.1, 0.15) is 5.75 Å². The van der Waals surface area contributed by atoms with E-state index in [0.717, 1.165) is 50.3 Å². The van der Waals surface area contributed by atoms with Gasteiger partial charge in [-0.3, -0.25) is 9.59 Å². The van der Waals surface area contributed by atoms with Crippen LogP contribution in [0.1, 0.15) is 37.7 Å². The molecule has 6 heteroatoms. The highest BCUT2D eigenvalue weighted by Crippen LogP contribution is 2.44. The molecule has 0 aromatic heterocycles. The van der Waals surface area contributed by atoms with Gasteiger partial charge in [0.2, 0.25) is 11.8 Å². The van der Waals surface area contributed by atoms with Crippen LogP contribution in [-0.4, -0.2) is 66.9 Å². The average Bonchev–Trinajstić information content (AvgIpc) is 3.49. The number of likely N-dealkylation sites (tertiary alicyclic amines) is 1. The summed E-state index contributed by atoms with van der Waals surface area (Å²) in [6, 6.07) is 8.31. The zero-order valence-electron chi connectivity index (χ0n) is 20.2. The SMILES string of the molecule is COc1cccc(CC(C2CCN(C(=O)[C@@H]3C[C@H]4C=C[C@@H]3C4)CC2)N(C)C(=O)CCSC)c1. The number of likely N-dealkylation sites (N-methyl/N-ethyl adjacent to an activating group) is 1. The first-order chi connectivity index (χ1) is 16.0. The molecule has 33 heavy (non-hydrogen) atoms. The Bertz CT molecular complexity index is 865. The summed E-state index contributed by atoms with van der Waals surface area (Å²) in [4.78, 5) is 30.2. The summed E-state index contributed by atoms with van der Waals surface area (Å²) in [7, 11) is 3.65. The fourth-order valence-corrected chi connectivity index (χ4v) is 6.39. The summed E-state index contributed by atoms with van der Waals surface area (Å²) in [5.41, 5.74) is 1.19. The summed E-state index contributed by atoms with van der Waals surface area (Å²) < 4.78 is 5.42. The Kier molecular flexibility index (Phi) is 8.05. The molecular formula is C27H38N2O3S. The number of hydrogen-bond donors (Lipinski definition) is 0. The summed E-state index contributed by atoms with van der Waals surface area (Å²) >= 11 is 1.71. The van der Waals surface area contributed by atoms with E-state index in [-0.39, 0.29) is 17.9 Å². The number of piperidine rings is 1. The van der Waals surface area contributed by atoms with E-state index < -0.39 is 0 Å². The van der Waals surface area contributed by atoms with Gasteiger partial charge in [0.15, 0.2) is 0 Å². The largest absolute Gasteiger partial charge is 0.497 e. The van der Waals surface area contributed by atoms with Gasteiger partial charge in [-0.2, -0.15) is 11.8 Å². The predicted octanol–water partition coefficient (Wildman–Crippen LogP) is 4.27. The second-order valence-corrected chi connectivity index (χ2v) is 10.9. The Morgan fingerprint density at radius 2 is 2.00 bits per heavy atom. The first-order valence-corrected chi connectivity index (χ1v) is 13.7. The van der Waals surface area contributed by atoms with Gasteiger partial charge in [-0.05, 0) is 73.8 Å². The number of carbonyl (C=O) groups excluding carboxylic acids is 2. The van der Waals surface area contributed by atoms with Crippen LogP contribution in [0.25, 0.3) is 0 Å². The third-order valence-electron chi connectivity index (χ3n) is 7.98. The van der Waals surface area contributed by atoms with Crippen molar-refractivity contribution in [3.8, 4) is 5.75 Å². The zero-order valence-corrected chi connectivity index (χ0v) is 21.1. The van der Waals surface area contributed by atoms with Crippen molar-refractivity contribution in [1.29, 1.82) is 0 Å². The molecule has 1 unspecified atom stereocenters. The van der Waals surface area contributed by atoms with Gasteiger partial charge in [-0.1, -0.05) is 24.3 Å². The Morgan fingerprint density at radius 3 is 2.64 bits per heavy atom. The fraction of sp³-hybridized carbons (Fsp3) is 0.630. The number of thioether (sulfide) groups is 1. The first kappa shape index (κ1) is 24.2. The molecule has 5 nitrogen and oxygen atoms in total. The van der Waals surface area contributed by atoms with E-state index in [2.05, 4.69) is 29.2 Å². The molecule has 180 valence electrons. The van der Waals surface area contributed by atoms with Crippen molar-refractivity contribution in [2.45, 2.75) is 44.6 Å². The number of rotatable bonds is 9. The minimum absolute atomic E-state index is 0.133. The van der Waals surface area contributed by atoms with Crippen LogP contribution in [0.5, 0.6) is 5.75 Å². The lowest BCUT2D eigenvalue weighted by Crippen LogP contribution is -2.49. The van der Waals surface area contributed by atoms with E-state index in [9.17, 15) is 9.59 Å². The number of carbonyl (C=O) groups is 2. The molecule has 1 saturated heterocycles. The molecule has 0 N–H and O–H groups in total. The third kappa shape index (κ3) is 5.59. The lowest BCUT2D eigenvalue weighted by atomic mass is 9.84. The molecule has 0 radical (unpaired) electrons. The molecule has 2 bridgehead atoms. The van der Waals surface area contributed by atoms with E-state index in [4.69, 9.17) is 4.74 Å². The van der Waals surface area contributed by atoms with Gasteiger partial charge < -0.3 is 14.5 Å². The number of benzene rings is 1. The molecule has 1 aliphatic heterocycles. The molecule has 4 atom stereocenters. The quantitative estimate of drug-likeness (QED) is 0.506. The van der Waals surface area contributed by atoms with Gasteiger partial charge in [0.25, 0.3) is 0 Å². The summed E-state index contributed by atoms with van der Waals surface area (Å²) in [5.74, 6) is 3.94. The highest BCUT2D eigenvalue weighted by molar-refractivity contribution is 7.98. The zero-order chi connectivity index (χ0) is 23.4. The standard InChI is InChI=1S/C27H38N2O3S/c1-28(26(30)11-14-33-3)25(18-19-5-4-6-23(16-19)32-2)21-9-12-29(13-10-21)27(31)24-17-20-7-8-22(24)15-20/h4-8,16,20-22,24-25H,9-15,17-18H2,1-3H3/t20-,22+,24+,25?/m0/s1. The molecule has 0 spiro atoms. The first-order valence-electron chi connectivity index (χ1n) is 12.3. The molecule has 3 aliphatic rings. The smallest absolute Gasteiger partial charge is 0.226 e. The second kappa shape index (κ2) is 11.0. The summed E-state index contributed by atoms with van der Waals surface area (Å²) in [6.07, 6.45) is 12.1. The maximum Gasteiger partial charge on any atom is 0.226 e. The second-order valence-electron chi connectivity index (χ2n) is 9.92. The van der Waals surface area contributed by atoms with Crippen LogP contribution >= 0.6 is 11.8 Å². The normalized spacial score (nSPS) is 25.3. The topological polar surface area (TPSA) is 49.9 Å². The monoisotopic (exact) mass is 470 g/mol. The van der Waals surface area contributed by atoms with Crippen LogP contribution in [0, 0.1) is 23.7 Å². The van der Waals surface area contributed by atoms with Crippen LogP contribution in [-0.2, 0) is 16.0 Å². The number of hydrogen-bond acceptors (Lipinski definition) is 4. The molecule has 2 aliphatic carbocycles. The Labute approximate surface area is 202 Å². The molecule has 1 aromatic rings. The van der Waals surface area contributed by atoms with Crippen molar-refractivity contribution in [3.63, 3.8) is 0 Å². The van der Waals surface area contributed by atoms with E-state index in [1.165, 1.54) is 12.0 Å². The molecule has 2 amide bonds. The number of ether oxygens (including phenoxy) is 1. The van der Waals surface area contributed by atoms with Gasteiger partial charge in [-0.15, -0.1) is 0 Å². The van der Waals surface area contributed by atoms with Crippen molar-refractivity contribution in [2.75, 3.05) is 39.3 Å². The molecule has 1 aromatic carbocycles. The lowest BCUT2D eigenvalue weighted by molar-refractivity contribution is -0.139. The average molecular weight is 471 g/mol. The van der Waals surface area contributed by atoms with Crippen molar-refractivity contribution >= 4 is 23.6 Å². The van der Waals surface area contributed by atoms with Gasteiger partial charge >= 0.3 is 0 Å². The van der Waals surface area contributed by atoms with Crippen LogP contribution in [0.3, 0.4) is 0 Å². The van der Waals surface area contributed by atoms with Crippen LogP contribution in [0.15, 0.2) is 36.4 Å². The van der Waals surface area contributed by atoms with Crippen molar-refractivity contribution in [3.05, 3.63) is 42.0 Å². The van der Waals surface area contributed by atoms with Crippen LogP contribution in [0.4, 0.5) is 0 Å². The Morgan fingerprint density at radius 1 is 1.21 bits per heavy atom. The number of methoxy groups -OCH3 is 1. The maximum absolute atomic E-state index is 13.2. The van der Waals surface area contributed by atoms with E-state index in [0.29, 0.717) is 30.1 Å². The Balaban J connectivity index is 1.42. The molecule has 1 saturated carbocycles. The van der Waals surface area contributed by atoms with Gasteiger partial charge in [-0.25, -0.2) is 0 Å². The highest BCUT2D eigenvalue weighted by Gasteiger charge is 2.42. The molecular weight excluding hydrogens is 432 g/mol. The number of nitrogens with zero attached hydrogens (tertiary/aromatic N) is 2. The fourth-order valence-electron chi connectivity index (χ4n) is 6.02. The van der Waals surface area contributed by atoms with E-state index in [1.807, 2.05) is 30.3 Å². The van der Waals surface area contributed by atoms with Crippen molar-refractivity contribution in [1.82, 2.24) is 9.80 Å². The van der Waals surface area contributed by atoms with Crippen molar-refractivity contribution < 1.29 is 14.3 Å². The molecule has 1 heterocycles. The van der Waals surface area contributed by atoms with Gasteiger partial charge in [0, 0.05) is 44.3 Å². The molecule has 4 rings (SSSR count). The Hall–Kier alpha value is -1.95. The summed E-state index contributed by atoms with van der Waals surface area (Å²) in [5, 5.41) is 0. The van der Waals surface area contributed by atoms with Crippen LogP contribution in [0.2, 0.25) is 0 Å². The summed E-state index contributed by atoms with van der Waals surface area (Å²) in [6.45, 7) is 1.62. The number of fused-ring (bicyclic) bond motifs is 2. The highest BCUT2D eigenvalue weighted by atomic mass is 32.2. The predicted molar refractivity (Wildman–Crippen MR) is 134 cm³/mol. The minimum atomic E-state index is 0.133. The van der Waals surface area contributed by atoms with Crippen LogP contribution < -0.4 is 4.74 Å². The molecule has 2 fully saturated rings. The van der Waals surface area contributed by atoms with E-state index in [1.54, 1.807) is 18.9 Å². The van der Waals surface area contributed by atoms with Crippen molar-refractivity contribution in [2.24, 2.45) is 23.7 Å². The number of allylic oxidation sites excluding steroid dienone is 2. The van der Waals surface area contributed by atoms with E-state index >= 15 is 0 Å². The number of amides is 2. The lowest BCUT2D eigenvalue weighted by Gasteiger charge is -2.41. The van der Waals surface area contributed by atoms with Gasteiger partial charge in [0.05, 0.1) is 7.11 Å². The third-order valence-corrected chi connectivity index (χ3v) is 8.59. The maximum atomic E-state index is 13.2.